The second-order valence-corrected chi connectivity index (χ2v) is 7.95. The molecular weight excluding hydrogens is 389 g/mol. The molecule has 0 aliphatic carbocycles. The molecule has 0 aliphatic heterocycles. The standard InChI is InChI=1S/C20H17F3N2O2S/c1-25(2)19-9-8-13(10-18(19)23)15-11-16(21)17(22)12-20(15)28(26,27)24-14-6-4-3-5-7-14/h3-12,24H,1-2H3. The fourth-order valence-electron chi connectivity index (χ4n) is 2.73. The minimum absolute atomic E-state index is 0.107. The van der Waals surface area contributed by atoms with Crippen LogP contribution in [0.1, 0.15) is 0 Å². The molecule has 0 bridgehead atoms. The highest BCUT2D eigenvalue weighted by molar-refractivity contribution is 7.92. The van der Waals surface area contributed by atoms with Crippen molar-refractivity contribution in [2.75, 3.05) is 23.7 Å². The van der Waals surface area contributed by atoms with E-state index in [2.05, 4.69) is 4.72 Å². The number of sulfonamides is 1. The number of hydrogen-bond donors (Lipinski definition) is 1. The molecule has 146 valence electrons. The van der Waals surface area contributed by atoms with Gasteiger partial charge < -0.3 is 4.90 Å². The van der Waals surface area contributed by atoms with E-state index in [9.17, 15) is 21.6 Å². The molecule has 28 heavy (non-hydrogen) atoms. The summed E-state index contributed by atoms with van der Waals surface area (Å²) in [6.07, 6.45) is 0. The molecule has 0 saturated carbocycles. The topological polar surface area (TPSA) is 49.4 Å². The Morgan fingerprint density at radius 2 is 1.46 bits per heavy atom. The first-order valence-electron chi connectivity index (χ1n) is 8.23. The van der Waals surface area contributed by atoms with E-state index in [0.717, 1.165) is 12.1 Å². The Labute approximate surface area is 161 Å². The molecule has 0 saturated heterocycles. The minimum Gasteiger partial charge on any atom is -0.375 e. The first-order valence-corrected chi connectivity index (χ1v) is 9.71. The Bertz CT molecular complexity index is 1120. The second kappa shape index (κ2) is 7.55. The van der Waals surface area contributed by atoms with Crippen molar-refractivity contribution >= 4 is 21.4 Å². The van der Waals surface area contributed by atoms with Gasteiger partial charge in [-0.15, -0.1) is 0 Å². The van der Waals surface area contributed by atoms with Crippen LogP contribution in [0, 0.1) is 17.5 Å². The van der Waals surface area contributed by atoms with Crippen molar-refractivity contribution in [3.05, 3.63) is 78.1 Å². The molecule has 0 aliphatic rings. The van der Waals surface area contributed by atoms with E-state index in [1.807, 2.05) is 0 Å². The number of para-hydroxylation sites is 1. The number of halogens is 3. The molecule has 0 fully saturated rings. The van der Waals surface area contributed by atoms with E-state index < -0.39 is 32.4 Å². The van der Waals surface area contributed by atoms with Crippen molar-refractivity contribution in [2.45, 2.75) is 4.90 Å². The molecule has 0 radical (unpaired) electrons. The van der Waals surface area contributed by atoms with Gasteiger partial charge in [-0.3, -0.25) is 4.72 Å². The van der Waals surface area contributed by atoms with Gasteiger partial charge in [0.25, 0.3) is 10.0 Å². The number of rotatable bonds is 5. The van der Waals surface area contributed by atoms with E-state index in [-0.39, 0.29) is 22.5 Å². The molecule has 0 heterocycles. The van der Waals surface area contributed by atoms with Gasteiger partial charge in [-0.1, -0.05) is 24.3 Å². The number of nitrogens with zero attached hydrogens (tertiary/aromatic N) is 1. The summed E-state index contributed by atoms with van der Waals surface area (Å²) in [4.78, 5) is 1.05. The highest BCUT2D eigenvalue weighted by atomic mass is 32.2. The number of benzene rings is 3. The molecule has 1 N–H and O–H groups in total. The summed E-state index contributed by atoms with van der Waals surface area (Å²) in [5, 5.41) is 0. The fraction of sp³-hybridized carbons (Fsp3) is 0.100. The zero-order chi connectivity index (χ0) is 20.5. The van der Waals surface area contributed by atoms with Crippen LogP contribution in [0.15, 0.2) is 65.6 Å². The second-order valence-electron chi connectivity index (χ2n) is 6.29. The molecule has 3 rings (SSSR count). The van der Waals surface area contributed by atoms with Gasteiger partial charge >= 0.3 is 0 Å². The summed E-state index contributed by atoms with van der Waals surface area (Å²) in [7, 11) is -0.964. The van der Waals surface area contributed by atoms with Crippen LogP contribution >= 0.6 is 0 Å². The molecule has 3 aromatic rings. The maximum atomic E-state index is 14.4. The van der Waals surface area contributed by atoms with Gasteiger partial charge in [0.15, 0.2) is 11.6 Å². The van der Waals surface area contributed by atoms with Gasteiger partial charge in [0.1, 0.15) is 5.82 Å². The predicted molar refractivity (Wildman–Crippen MR) is 103 cm³/mol. The summed E-state index contributed by atoms with van der Waals surface area (Å²) in [5.41, 5.74) is 0.493. The zero-order valence-electron chi connectivity index (χ0n) is 15.1. The van der Waals surface area contributed by atoms with Crippen LogP contribution < -0.4 is 9.62 Å². The smallest absolute Gasteiger partial charge is 0.262 e. The summed E-state index contributed by atoms with van der Waals surface area (Å²) in [5.74, 6) is -3.17. The molecule has 0 amide bonds. The normalized spacial score (nSPS) is 11.3. The number of anilines is 2. The van der Waals surface area contributed by atoms with Gasteiger partial charge in [-0.25, -0.2) is 21.6 Å². The third kappa shape index (κ3) is 3.96. The van der Waals surface area contributed by atoms with E-state index in [1.54, 1.807) is 37.2 Å². The Balaban J connectivity index is 2.15. The molecular formula is C20H17F3N2O2S. The average molecular weight is 406 g/mol. The lowest BCUT2D eigenvalue weighted by atomic mass is 10.0. The van der Waals surface area contributed by atoms with Crippen LogP contribution in [0.5, 0.6) is 0 Å². The van der Waals surface area contributed by atoms with E-state index in [4.69, 9.17) is 0 Å². The Morgan fingerprint density at radius 1 is 0.821 bits per heavy atom. The van der Waals surface area contributed by atoms with Gasteiger partial charge in [0.05, 0.1) is 10.6 Å². The quantitative estimate of drug-likeness (QED) is 0.672. The lowest BCUT2D eigenvalue weighted by Gasteiger charge is -2.16. The SMILES string of the molecule is CN(C)c1ccc(-c2cc(F)c(F)cc2S(=O)(=O)Nc2ccccc2)cc1F. The van der Waals surface area contributed by atoms with Gasteiger partial charge in [-0.05, 0) is 42.0 Å². The largest absolute Gasteiger partial charge is 0.375 e. The molecule has 8 heteroatoms. The van der Waals surface area contributed by atoms with Crippen molar-refractivity contribution in [3.63, 3.8) is 0 Å². The van der Waals surface area contributed by atoms with Crippen molar-refractivity contribution in [1.82, 2.24) is 0 Å². The number of nitrogens with one attached hydrogen (secondary N) is 1. The monoisotopic (exact) mass is 406 g/mol. The van der Waals surface area contributed by atoms with Crippen LogP contribution in [0.3, 0.4) is 0 Å². The maximum absolute atomic E-state index is 14.4. The number of hydrogen-bond acceptors (Lipinski definition) is 3. The summed E-state index contributed by atoms with van der Waals surface area (Å²) in [6.45, 7) is 0. The van der Waals surface area contributed by atoms with Crippen LogP contribution in [-0.4, -0.2) is 22.5 Å². The van der Waals surface area contributed by atoms with Crippen LogP contribution in [0.4, 0.5) is 24.5 Å². The highest BCUT2D eigenvalue weighted by Gasteiger charge is 2.23. The fourth-order valence-corrected chi connectivity index (χ4v) is 4.01. The Morgan fingerprint density at radius 3 is 2.07 bits per heavy atom. The molecule has 0 aromatic heterocycles. The van der Waals surface area contributed by atoms with Crippen molar-refractivity contribution in [3.8, 4) is 11.1 Å². The predicted octanol–water partition coefficient (Wildman–Crippen LogP) is 4.64. The van der Waals surface area contributed by atoms with Gasteiger partial charge in [0, 0.05) is 25.3 Å². The van der Waals surface area contributed by atoms with Crippen LogP contribution in [-0.2, 0) is 10.0 Å². The molecule has 3 aromatic carbocycles. The van der Waals surface area contributed by atoms with Crippen LogP contribution in [0.25, 0.3) is 11.1 Å². The third-order valence-corrected chi connectivity index (χ3v) is 5.50. The summed E-state index contributed by atoms with van der Waals surface area (Å²) in [6, 6.07) is 13.3. The molecule has 4 nitrogen and oxygen atoms in total. The van der Waals surface area contributed by atoms with Gasteiger partial charge in [-0.2, -0.15) is 0 Å². The zero-order valence-corrected chi connectivity index (χ0v) is 15.9. The van der Waals surface area contributed by atoms with E-state index in [1.165, 1.54) is 24.3 Å². The third-order valence-electron chi connectivity index (χ3n) is 4.08. The van der Waals surface area contributed by atoms with Crippen LogP contribution in [0.2, 0.25) is 0 Å². The molecule has 0 spiro atoms. The first kappa shape index (κ1) is 19.8. The van der Waals surface area contributed by atoms with E-state index >= 15 is 0 Å². The van der Waals surface area contributed by atoms with Gasteiger partial charge in [0.2, 0.25) is 0 Å². The average Bonchev–Trinajstić information content (AvgIpc) is 2.63. The first-order chi connectivity index (χ1) is 13.2. The highest BCUT2D eigenvalue weighted by Crippen LogP contribution is 2.33. The maximum Gasteiger partial charge on any atom is 0.262 e. The molecule has 0 unspecified atom stereocenters. The Kier molecular flexibility index (Phi) is 5.33. The Hall–Kier alpha value is -3.00. The lowest BCUT2D eigenvalue weighted by molar-refractivity contribution is 0.505. The molecule has 0 atom stereocenters. The van der Waals surface area contributed by atoms with Crippen molar-refractivity contribution < 1.29 is 21.6 Å². The summed E-state index contributed by atoms with van der Waals surface area (Å²) < 4.78 is 70.0. The van der Waals surface area contributed by atoms with Crippen molar-refractivity contribution in [1.29, 1.82) is 0 Å². The van der Waals surface area contributed by atoms with Crippen molar-refractivity contribution in [2.24, 2.45) is 0 Å². The minimum atomic E-state index is -4.26. The summed E-state index contributed by atoms with van der Waals surface area (Å²) >= 11 is 0. The van der Waals surface area contributed by atoms with E-state index in [0.29, 0.717) is 6.07 Å². The lowest BCUT2D eigenvalue weighted by Crippen LogP contribution is -2.15.